The molecule has 0 unspecified atom stereocenters. The molecule has 170 valence electrons. The van der Waals surface area contributed by atoms with Crippen LogP contribution in [0.25, 0.3) is 10.8 Å². The number of carbonyl (C=O) groups excluding carboxylic acids is 1. The van der Waals surface area contributed by atoms with Crippen LogP contribution in [0.1, 0.15) is 34.1 Å². The third kappa shape index (κ3) is 4.72. The zero-order valence-electron chi connectivity index (χ0n) is 17.6. The molecule has 0 bridgehead atoms. The van der Waals surface area contributed by atoms with Crippen LogP contribution in [0.3, 0.4) is 0 Å². The number of aromatic nitrogens is 3. The normalized spacial score (nSPS) is 11.5. The number of thioether (sulfide) groups is 1. The van der Waals surface area contributed by atoms with Crippen molar-refractivity contribution < 1.29 is 27.5 Å². The monoisotopic (exact) mass is 472 g/mol. The molecule has 0 saturated heterocycles. The Bertz CT molecular complexity index is 1320. The standard InChI is InChI=1S/C22H18F2N4O4S/c1-30-21(29)18-10-8-14(32-18)12-31-17-9-7-13-5-3-4-6-15(13)16(17)11-25-28-20(19(23)24)26-27-22(28)33-2/h3-11,19H,12H2,1-2H3. The molecule has 0 saturated carbocycles. The van der Waals surface area contributed by atoms with Gasteiger partial charge in [0.1, 0.15) is 18.1 Å². The van der Waals surface area contributed by atoms with E-state index in [0.717, 1.165) is 27.2 Å². The first-order chi connectivity index (χ1) is 16.0. The van der Waals surface area contributed by atoms with Crippen LogP contribution in [0.15, 0.2) is 63.2 Å². The van der Waals surface area contributed by atoms with Crippen LogP contribution < -0.4 is 4.74 Å². The lowest BCUT2D eigenvalue weighted by Crippen LogP contribution is -2.03. The first-order valence-corrected chi connectivity index (χ1v) is 10.9. The van der Waals surface area contributed by atoms with Crippen LogP contribution in [0.4, 0.5) is 8.78 Å². The van der Waals surface area contributed by atoms with Gasteiger partial charge in [0.25, 0.3) is 6.43 Å². The van der Waals surface area contributed by atoms with E-state index in [-0.39, 0.29) is 17.5 Å². The second kappa shape index (κ2) is 9.82. The summed E-state index contributed by atoms with van der Waals surface area (Å²) in [4.78, 5) is 11.6. The van der Waals surface area contributed by atoms with Crippen LogP contribution in [0, 0.1) is 0 Å². The minimum Gasteiger partial charge on any atom is -0.485 e. The minimum atomic E-state index is -2.83. The molecule has 0 spiro atoms. The number of alkyl halides is 2. The van der Waals surface area contributed by atoms with Gasteiger partial charge in [-0.2, -0.15) is 9.78 Å². The summed E-state index contributed by atoms with van der Waals surface area (Å²) in [6.07, 6.45) is 0.306. The average molecular weight is 472 g/mol. The minimum absolute atomic E-state index is 0.0289. The van der Waals surface area contributed by atoms with Gasteiger partial charge in [-0.1, -0.05) is 42.1 Å². The molecule has 2 heterocycles. The Balaban J connectivity index is 1.69. The van der Waals surface area contributed by atoms with E-state index in [0.29, 0.717) is 17.1 Å². The Labute approximate surface area is 191 Å². The summed E-state index contributed by atoms with van der Waals surface area (Å²) < 4.78 is 43.7. The van der Waals surface area contributed by atoms with E-state index in [1.54, 1.807) is 18.4 Å². The Morgan fingerprint density at radius 2 is 2.03 bits per heavy atom. The smallest absolute Gasteiger partial charge is 0.373 e. The number of furan rings is 1. The molecule has 2 aromatic heterocycles. The molecule has 0 fully saturated rings. The van der Waals surface area contributed by atoms with Gasteiger partial charge >= 0.3 is 5.97 Å². The van der Waals surface area contributed by atoms with Gasteiger partial charge in [-0.05, 0) is 35.2 Å². The third-order valence-corrected chi connectivity index (χ3v) is 5.28. The van der Waals surface area contributed by atoms with Crippen LogP contribution >= 0.6 is 11.8 Å². The SMILES string of the molecule is COC(=O)c1ccc(COc2ccc3ccccc3c2C=Nn2c(SC)nnc2C(F)F)o1. The van der Waals surface area contributed by atoms with Gasteiger partial charge in [0.05, 0.1) is 13.3 Å². The van der Waals surface area contributed by atoms with E-state index in [2.05, 4.69) is 20.0 Å². The van der Waals surface area contributed by atoms with E-state index in [1.165, 1.54) is 19.4 Å². The summed E-state index contributed by atoms with van der Waals surface area (Å²) in [5, 5.41) is 13.5. The van der Waals surface area contributed by atoms with Crippen LogP contribution in [0.2, 0.25) is 0 Å². The Morgan fingerprint density at radius 1 is 1.21 bits per heavy atom. The summed E-state index contributed by atoms with van der Waals surface area (Å²) in [5.41, 5.74) is 0.578. The van der Waals surface area contributed by atoms with Crippen molar-refractivity contribution in [3.05, 3.63) is 71.4 Å². The second-order valence-corrected chi connectivity index (χ2v) is 7.42. The molecule has 4 rings (SSSR count). The molecular formula is C22H18F2N4O4S. The van der Waals surface area contributed by atoms with Crippen molar-refractivity contribution in [3.63, 3.8) is 0 Å². The Kier molecular flexibility index (Phi) is 6.68. The lowest BCUT2D eigenvalue weighted by molar-refractivity contribution is 0.0561. The summed E-state index contributed by atoms with van der Waals surface area (Å²) >= 11 is 1.15. The third-order valence-electron chi connectivity index (χ3n) is 4.67. The first-order valence-electron chi connectivity index (χ1n) is 9.65. The number of carbonyl (C=O) groups is 1. The maximum Gasteiger partial charge on any atom is 0.373 e. The van der Waals surface area contributed by atoms with Crippen molar-refractivity contribution in [2.24, 2.45) is 5.10 Å². The number of hydrogen-bond donors (Lipinski definition) is 0. The molecule has 0 N–H and O–H groups in total. The fourth-order valence-corrected chi connectivity index (χ4v) is 3.55. The highest BCUT2D eigenvalue weighted by molar-refractivity contribution is 7.98. The Hall–Kier alpha value is -3.73. The van der Waals surface area contributed by atoms with Gasteiger partial charge in [0.15, 0.2) is 0 Å². The quantitative estimate of drug-likeness (QED) is 0.204. The number of rotatable bonds is 8. The number of ether oxygens (including phenoxy) is 2. The summed E-state index contributed by atoms with van der Waals surface area (Å²) in [6, 6.07) is 14.3. The van der Waals surface area contributed by atoms with Crippen molar-refractivity contribution in [2.45, 2.75) is 18.2 Å². The molecule has 0 amide bonds. The number of benzene rings is 2. The molecular weight excluding hydrogens is 454 g/mol. The molecule has 0 atom stereocenters. The van der Waals surface area contributed by atoms with Gasteiger partial charge in [0, 0.05) is 5.56 Å². The largest absolute Gasteiger partial charge is 0.485 e. The summed E-state index contributed by atoms with van der Waals surface area (Å²) in [7, 11) is 1.26. The molecule has 0 radical (unpaired) electrons. The maximum atomic E-state index is 13.4. The molecule has 0 aliphatic heterocycles. The van der Waals surface area contributed by atoms with Gasteiger partial charge in [-0.15, -0.1) is 10.2 Å². The molecule has 0 aliphatic carbocycles. The van der Waals surface area contributed by atoms with Crippen molar-refractivity contribution in [1.82, 2.24) is 14.9 Å². The second-order valence-electron chi connectivity index (χ2n) is 6.65. The van der Waals surface area contributed by atoms with Gasteiger partial charge < -0.3 is 13.9 Å². The van der Waals surface area contributed by atoms with Crippen molar-refractivity contribution in [1.29, 1.82) is 0 Å². The number of nitrogens with zero attached hydrogens (tertiary/aromatic N) is 4. The number of fused-ring (bicyclic) bond motifs is 1. The highest BCUT2D eigenvalue weighted by Gasteiger charge is 2.20. The zero-order valence-corrected chi connectivity index (χ0v) is 18.4. The van der Waals surface area contributed by atoms with Gasteiger partial charge in [0.2, 0.25) is 16.7 Å². The lowest BCUT2D eigenvalue weighted by atomic mass is 10.0. The van der Waals surface area contributed by atoms with E-state index < -0.39 is 18.2 Å². The van der Waals surface area contributed by atoms with E-state index in [4.69, 9.17) is 9.15 Å². The van der Waals surface area contributed by atoms with Gasteiger partial charge in [-0.3, -0.25) is 0 Å². The van der Waals surface area contributed by atoms with Crippen molar-refractivity contribution in [2.75, 3.05) is 13.4 Å². The molecule has 11 heteroatoms. The zero-order chi connectivity index (χ0) is 23.4. The number of halogens is 2. The summed E-state index contributed by atoms with van der Waals surface area (Å²) in [6.45, 7) is 0.0289. The van der Waals surface area contributed by atoms with Crippen molar-refractivity contribution >= 4 is 34.7 Å². The van der Waals surface area contributed by atoms with Crippen LogP contribution in [-0.2, 0) is 11.3 Å². The molecule has 0 aliphatic rings. The topological polar surface area (TPSA) is 91.7 Å². The predicted octanol–water partition coefficient (Wildman–Crippen LogP) is 4.93. The van der Waals surface area contributed by atoms with Gasteiger partial charge in [-0.25, -0.2) is 13.6 Å². The molecule has 8 nitrogen and oxygen atoms in total. The highest BCUT2D eigenvalue weighted by Crippen LogP contribution is 2.28. The van der Waals surface area contributed by atoms with Crippen molar-refractivity contribution in [3.8, 4) is 5.75 Å². The maximum absolute atomic E-state index is 13.4. The first kappa shape index (κ1) is 22.5. The number of hydrogen-bond acceptors (Lipinski definition) is 8. The van der Waals surface area contributed by atoms with E-state index in [9.17, 15) is 13.6 Å². The highest BCUT2D eigenvalue weighted by atomic mass is 32.2. The predicted molar refractivity (Wildman–Crippen MR) is 118 cm³/mol. The Morgan fingerprint density at radius 3 is 2.79 bits per heavy atom. The summed E-state index contributed by atoms with van der Waals surface area (Å²) in [5.74, 6) is -0.216. The molecule has 2 aromatic carbocycles. The van der Waals surface area contributed by atoms with E-state index in [1.807, 2.05) is 30.3 Å². The number of methoxy groups -OCH3 is 1. The van der Waals surface area contributed by atoms with Crippen LogP contribution in [0.5, 0.6) is 5.75 Å². The lowest BCUT2D eigenvalue weighted by Gasteiger charge is -2.11. The fourth-order valence-electron chi connectivity index (χ4n) is 3.11. The average Bonchev–Trinajstić information content (AvgIpc) is 3.48. The van der Waals surface area contributed by atoms with E-state index >= 15 is 0 Å². The molecule has 33 heavy (non-hydrogen) atoms. The van der Waals surface area contributed by atoms with Crippen LogP contribution in [-0.4, -0.2) is 40.4 Å². The molecule has 4 aromatic rings. The fraction of sp³-hybridized carbons (Fsp3) is 0.182. The number of esters is 1.